The number of carbonyl (C=O) groups excluding carboxylic acids is 1. The Morgan fingerprint density at radius 2 is 1.94 bits per heavy atom. The maximum Gasteiger partial charge on any atom is 0.308 e. The maximum atomic E-state index is 13.1. The van der Waals surface area contributed by atoms with E-state index in [1.54, 1.807) is 45.1 Å². The number of hydrogen-bond acceptors (Lipinski definition) is 6. The van der Waals surface area contributed by atoms with E-state index in [0.717, 1.165) is 28.2 Å². The molecule has 7 nitrogen and oxygen atoms in total. The lowest BCUT2D eigenvalue weighted by Gasteiger charge is -2.33. The van der Waals surface area contributed by atoms with Crippen LogP contribution in [-0.4, -0.2) is 54.3 Å². The molecule has 3 heterocycles. The summed E-state index contributed by atoms with van der Waals surface area (Å²) in [5.41, 5.74) is 0.767. The molecule has 0 spiro atoms. The number of hydrogen-bond donors (Lipinski definition) is 0. The summed E-state index contributed by atoms with van der Waals surface area (Å²) in [5.74, 6) is -0.117. The molecule has 0 atom stereocenters. The van der Waals surface area contributed by atoms with Crippen LogP contribution in [0.2, 0.25) is 0 Å². The molecule has 0 unspecified atom stereocenters. The van der Waals surface area contributed by atoms with Crippen molar-refractivity contribution in [2.24, 2.45) is 0 Å². The summed E-state index contributed by atoms with van der Waals surface area (Å²) in [6, 6.07) is 8.72. The summed E-state index contributed by atoms with van der Waals surface area (Å²) >= 11 is 2.62. The van der Waals surface area contributed by atoms with Gasteiger partial charge >= 0.3 is 4.87 Å². The molecular weight excluding hydrogens is 454 g/mol. The zero-order chi connectivity index (χ0) is 22.0. The van der Waals surface area contributed by atoms with E-state index in [1.807, 2.05) is 24.4 Å². The monoisotopic (exact) mass is 477 g/mol. The minimum atomic E-state index is -3.69. The highest BCUT2D eigenvalue weighted by atomic mass is 32.2. The van der Waals surface area contributed by atoms with Crippen molar-refractivity contribution in [3.63, 3.8) is 0 Å². The van der Waals surface area contributed by atoms with E-state index in [9.17, 15) is 18.0 Å². The smallest absolute Gasteiger partial charge is 0.308 e. The number of benzene rings is 1. The fourth-order valence-electron chi connectivity index (χ4n) is 3.59. The SMILES string of the molecule is CCCn1c(=O)sc2cc(S(=O)(=O)N3CCN(C(=O)C=Cc4cccs4)CC3)ccc21. The van der Waals surface area contributed by atoms with Gasteiger partial charge in [0.15, 0.2) is 0 Å². The van der Waals surface area contributed by atoms with E-state index < -0.39 is 10.0 Å². The van der Waals surface area contributed by atoms with Crippen LogP contribution < -0.4 is 4.87 Å². The third-order valence-electron chi connectivity index (χ3n) is 5.21. The fourth-order valence-corrected chi connectivity index (χ4v) is 6.68. The topological polar surface area (TPSA) is 79.7 Å². The second-order valence-corrected chi connectivity index (χ2v) is 11.1. The lowest BCUT2D eigenvalue weighted by molar-refractivity contribution is -0.127. The third-order valence-corrected chi connectivity index (χ3v) is 8.88. The lowest BCUT2D eigenvalue weighted by Crippen LogP contribution is -2.50. The predicted molar refractivity (Wildman–Crippen MR) is 125 cm³/mol. The van der Waals surface area contributed by atoms with Crippen molar-refractivity contribution in [3.05, 3.63) is 56.3 Å². The van der Waals surface area contributed by atoms with E-state index in [-0.39, 0.29) is 28.8 Å². The van der Waals surface area contributed by atoms with Crippen LogP contribution in [0.4, 0.5) is 0 Å². The summed E-state index contributed by atoms with van der Waals surface area (Å²) in [4.78, 5) is 27.4. The molecule has 0 aliphatic carbocycles. The zero-order valence-electron chi connectivity index (χ0n) is 17.1. The van der Waals surface area contributed by atoms with Gasteiger partial charge in [0.05, 0.1) is 15.1 Å². The van der Waals surface area contributed by atoms with Crippen LogP contribution in [0.15, 0.2) is 51.5 Å². The number of rotatable bonds is 6. The van der Waals surface area contributed by atoms with Crippen molar-refractivity contribution in [1.82, 2.24) is 13.8 Å². The van der Waals surface area contributed by atoms with E-state index in [2.05, 4.69) is 0 Å². The molecule has 10 heteroatoms. The number of thiophene rings is 1. The van der Waals surface area contributed by atoms with Crippen LogP contribution in [0, 0.1) is 0 Å². The molecule has 0 saturated carbocycles. The van der Waals surface area contributed by atoms with E-state index in [0.29, 0.717) is 24.3 Å². The Kier molecular flexibility index (Phi) is 6.42. The van der Waals surface area contributed by atoms with Crippen molar-refractivity contribution in [3.8, 4) is 0 Å². The van der Waals surface area contributed by atoms with Gasteiger partial charge in [0.2, 0.25) is 15.9 Å². The van der Waals surface area contributed by atoms with Gasteiger partial charge in [-0.3, -0.25) is 14.2 Å². The van der Waals surface area contributed by atoms with Gasteiger partial charge < -0.3 is 4.90 Å². The van der Waals surface area contributed by atoms with Gasteiger partial charge in [-0.25, -0.2) is 8.42 Å². The first-order valence-electron chi connectivity index (χ1n) is 10.0. The van der Waals surface area contributed by atoms with Crippen LogP contribution in [0.1, 0.15) is 18.2 Å². The minimum absolute atomic E-state index is 0.0749. The van der Waals surface area contributed by atoms with Crippen LogP contribution in [0.25, 0.3) is 16.3 Å². The summed E-state index contributed by atoms with van der Waals surface area (Å²) in [6.45, 7) is 3.78. The molecule has 4 rings (SSSR count). The van der Waals surface area contributed by atoms with Crippen molar-refractivity contribution < 1.29 is 13.2 Å². The lowest BCUT2D eigenvalue weighted by atomic mass is 10.3. The second-order valence-electron chi connectivity index (χ2n) is 7.23. The highest BCUT2D eigenvalue weighted by Crippen LogP contribution is 2.25. The summed E-state index contributed by atoms with van der Waals surface area (Å²) in [5, 5.41) is 1.95. The molecule has 3 aromatic rings. The number of sulfonamides is 1. The van der Waals surface area contributed by atoms with Crippen molar-refractivity contribution in [1.29, 1.82) is 0 Å². The molecule has 1 saturated heterocycles. The highest BCUT2D eigenvalue weighted by Gasteiger charge is 2.30. The van der Waals surface area contributed by atoms with E-state index in [4.69, 9.17) is 0 Å². The molecule has 31 heavy (non-hydrogen) atoms. The number of amides is 1. The Morgan fingerprint density at radius 1 is 1.16 bits per heavy atom. The standard InChI is InChI=1S/C21H23N3O4S3/c1-2-9-24-18-7-6-17(15-19(18)30-21(24)26)31(27,28)23-12-10-22(11-13-23)20(25)8-5-16-4-3-14-29-16/h3-8,14-15H,2,9-13H2,1H3. The van der Waals surface area contributed by atoms with Gasteiger partial charge in [0, 0.05) is 43.7 Å². The number of aryl methyl sites for hydroxylation is 1. The van der Waals surface area contributed by atoms with Gasteiger partial charge in [-0.05, 0) is 42.1 Å². The van der Waals surface area contributed by atoms with Crippen molar-refractivity contribution in [2.75, 3.05) is 26.2 Å². The summed E-state index contributed by atoms with van der Waals surface area (Å²) in [6.07, 6.45) is 4.14. The molecule has 1 aliphatic heterocycles. The summed E-state index contributed by atoms with van der Waals surface area (Å²) < 4.78 is 30.0. The predicted octanol–water partition coefficient (Wildman–Crippen LogP) is 3.08. The van der Waals surface area contributed by atoms with Gasteiger partial charge in [0.25, 0.3) is 0 Å². The first-order valence-corrected chi connectivity index (χ1v) is 13.2. The summed E-state index contributed by atoms with van der Waals surface area (Å²) in [7, 11) is -3.69. The molecule has 1 amide bonds. The van der Waals surface area contributed by atoms with Gasteiger partial charge in [0.1, 0.15) is 0 Å². The molecule has 164 valence electrons. The first kappa shape index (κ1) is 21.9. The highest BCUT2D eigenvalue weighted by molar-refractivity contribution is 7.89. The fraction of sp³-hybridized carbons (Fsp3) is 0.333. The minimum Gasteiger partial charge on any atom is -0.337 e. The quantitative estimate of drug-likeness (QED) is 0.511. The second kappa shape index (κ2) is 9.07. The average molecular weight is 478 g/mol. The molecule has 2 aromatic heterocycles. The van der Waals surface area contributed by atoms with Crippen molar-refractivity contribution in [2.45, 2.75) is 24.8 Å². The van der Waals surface area contributed by atoms with E-state index >= 15 is 0 Å². The average Bonchev–Trinajstić information content (AvgIpc) is 3.40. The molecule has 0 bridgehead atoms. The molecular formula is C21H23N3O4S3. The Labute approximate surface area is 188 Å². The zero-order valence-corrected chi connectivity index (χ0v) is 19.5. The largest absolute Gasteiger partial charge is 0.337 e. The number of piperazine rings is 1. The number of aromatic nitrogens is 1. The normalized spacial score (nSPS) is 15.8. The van der Waals surface area contributed by atoms with Crippen LogP contribution in [0.3, 0.4) is 0 Å². The van der Waals surface area contributed by atoms with Crippen LogP contribution in [0.5, 0.6) is 0 Å². The van der Waals surface area contributed by atoms with Gasteiger partial charge in [-0.1, -0.05) is 24.3 Å². The molecule has 1 fully saturated rings. The number of carbonyl (C=O) groups is 1. The molecule has 0 radical (unpaired) electrons. The van der Waals surface area contributed by atoms with Crippen molar-refractivity contribution >= 4 is 54.9 Å². The maximum absolute atomic E-state index is 13.1. The van der Waals surface area contributed by atoms with E-state index in [1.165, 1.54) is 10.4 Å². The Morgan fingerprint density at radius 3 is 2.61 bits per heavy atom. The molecule has 1 aliphatic rings. The Hall–Kier alpha value is -2.27. The number of nitrogens with zero attached hydrogens (tertiary/aromatic N) is 3. The van der Waals surface area contributed by atoms with Gasteiger partial charge in [-0.2, -0.15) is 4.31 Å². The molecule has 1 aromatic carbocycles. The Balaban J connectivity index is 1.46. The van der Waals surface area contributed by atoms with Crippen LogP contribution >= 0.6 is 22.7 Å². The number of fused-ring (bicyclic) bond motifs is 1. The number of thiazole rings is 1. The van der Waals surface area contributed by atoms with Gasteiger partial charge in [-0.15, -0.1) is 11.3 Å². The molecule has 0 N–H and O–H groups in total. The van der Waals surface area contributed by atoms with Crippen LogP contribution in [-0.2, 0) is 21.4 Å². The third kappa shape index (κ3) is 4.52. The Bertz CT molecular complexity index is 1260. The first-order chi connectivity index (χ1) is 14.9.